The van der Waals surface area contributed by atoms with Crippen molar-refractivity contribution in [2.75, 3.05) is 12.8 Å². The lowest BCUT2D eigenvalue weighted by Gasteiger charge is -2.13. The van der Waals surface area contributed by atoms with Gasteiger partial charge in [-0.05, 0) is 19.2 Å². The van der Waals surface area contributed by atoms with Crippen LogP contribution in [0.2, 0.25) is 5.02 Å². The first-order chi connectivity index (χ1) is 7.59. The van der Waals surface area contributed by atoms with Crippen LogP contribution in [0.1, 0.15) is 5.56 Å². The zero-order chi connectivity index (χ0) is 13.4. The summed E-state index contributed by atoms with van der Waals surface area (Å²) in [5.74, 6) is 0. The summed E-state index contributed by atoms with van der Waals surface area (Å²) in [7, 11) is -3.00. The van der Waals surface area contributed by atoms with Gasteiger partial charge in [-0.1, -0.05) is 11.6 Å². The molecule has 0 bridgehead atoms. The minimum atomic E-state index is -4.74. The average molecular weight is 289 g/mol. The summed E-state index contributed by atoms with van der Waals surface area (Å²) in [6.07, 6.45) is -4.74. The van der Waals surface area contributed by atoms with Crippen molar-refractivity contribution in [2.24, 2.45) is 0 Å². The molecule has 0 aliphatic rings. The highest BCUT2D eigenvalue weighted by molar-refractivity contribution is 7.89. The number of nitrogens with two attached hydrogens (primary N) is 1. The Morgan fingerprint density at radius 2 is 1.88 bits per heavy atom. The number of halogens is 4. The molecule has 17 heavy (non-hydrogen) atoms. The molecule has 0 amide bonds. The van der Waals surface area contributed by atoms with Gasteiger partial charge in [0.05, 0.1) is 10.6 Å². The second kappa shape index (κ2) is 4.35. The quantitative estimate of drug-likeness (QED) is 0.816. The van der Waals surface area contributed by atoms with Gasteiger partial charge in [-0.2, -0.15) is 13.2 Å². The summed E-state index contributed by atoms with van der Waals surface area (Å²) in [4.78, 5) is -0.664. The van der Waals surface area contributed by atoms with Gasteiger partial charge in [0.1, 0.15) is 4.90 Å². The van der Waals surface area contributed by atoms with Crippen LogP contribution in [0.15, 0.2) is 17.0 Å². The Balaban J connectivity index is 3.56. The lowest BCUT2D eigenvalue weighted by molar-refractivity contribution is -0.137. The summed E-state index contributed by atoms with van der Waals surface area (Å²) in [5, 5.41) is -0.371. The molecule has 1 aromatic rings. The normalized spacial score (nSPS) is 12.8. The molecule has 0 unspecified atom stereocenters. The minimum absolute atomic E-state index is 0.371. The van der Waals surface area contributed by atoms with Crippen LogP contribution in [0, 0.1) is 0 Å². The Morgan fingerprint density at radius 3 is 2.29 bits per heavy atom. The van der Waals surface area contributed by atoms with Crippen molar-refractivity contribution in [3.05, 3.63) is 22.7 Å². The van der Waals surface area contributed by atoms with Gasteiger partial charge in [0, 0.05) is 5.69 Å². The smallest absolute Gasteiger partial charge is 0.398 e. The maximum atomic E-state index is 12.5. The van der Waals surface area contributed by atoms with Crippen molar-refractivity contribution in [2.45, 2.75) is 11.1 Å². The topological polar surface area (TPSA) is 72.2 Å². The largest absolute Gasteiger partial charge is 0.418 e. The predicted octanol–water partition coefficient (Wildman–Crippen LogP) is 1.85. The summed E-state index contributed by atoms with van der Waals surface area (Å²) in [6.45, 7) is 0. The van der Waals surface area contributed by atoms with Crippen molar-refractivity contribution in [1.82, 2.24) is 4.72 Å². The maximum Gasteiger partial charge on any atom is 0.418 e. The molecule has 0 saturated carbocycles. The standard InChI is InChI=1S/C8H8ClF3N2O2S/c1-14-17(15,16)7-2-4(8(10,11)12)6(13)3-5(7)9/h2-3,14H,13H2,1H3. The summed E-state index contributed by atoms with van der Waals surface area (Å²) in [5.41, 5.74) is 3.27. The Kier molecular flexibility index (Phi) is 3.60. The first-order valence-corrected chi connectivity index (χ1v) is 6.05. The van der Waals surface area contributed by atoms with E-state index in [0.717, 1.165) is 13.1 Å². The molecule has 0 aromatic heterocycles. The molecule has 0 radical (unpaired) electrons. The number of hydrogen-bond acceptors (Lipinski definition) is 3. The highest BCUT2D eigenvalue weighted by Crippen LogP contribution is 2.37. The molecule has 1 rings (SSSR count). The number of rotatable bonds is 2. The first kappa shape index (κ1) is 14.1. The second-order valence-electron chi connectivity index (χ2n) is 3.08. The van der Waals surface area contributed by atoms with Crippen molar-refractivity contribution >= 4 is 27.3 Å². The Labute approximate surface area is 101 Å². The molecule has 0 aliphatic heterocycles. The van der Waals surface area contributed by atoms with E-state index in [4.69, 9.17) is 17.3 Å². The van der Waals surface area contributed by atoms with Crippen molar-refractivity contribution in [3.63, 3.8) is 0 Å². The number of alkyl halides is 3. The molecular weight excluding hydrogens is 281 g/mol. The molecule has 0 spiro atoms. The fourth-order valence-corrected chi connectivity index (χ4v) is 2.42. The third kappa shape index (κ3) is 2.82. The van der Waals surface area contributed by atoms with Crippen molar-refractivity contribution in [1.29, 1.82) is 0 Å². The van der Waals surface area contributed by atoms with Gasteiger partial charge in [0.2, 0.25) is 10.0 Å². The third-order valence-corrected chi connectivity index (χ3v) is 3.85. The van der Waals surface area contributed by atoms with Gasteiger partial charge < -0.3 is 5.73 Å². The van der Waals surface area contributed by atoms with E-state index in [0.29, 0.717) is 6.07 Å². The SMILES string of the molecule is CNS(=O)(=O)c1cc(C(F)(F)F)c(N)cc1Cl. The van der Waals surface area contributed by atoms with E-state index in [2.05, 4.69) is 0 Å². The van der Waals surface area contributed by atoms with Gasteiger partial charge >= 0.3 is 6.18 Å². The van der Waals surface area contributed by atoms with Gasteiger partial charge in [0.25, 0.3) is 0 Å². The Hall–Kier alpha value is -0.990. The number of nitrogen functional groups attached to an aromatic ring is 1. The van der Waals surface area contributed by atoms with Gasteiger partial charge in [-0.25, -0.2) is 13.1 Å². The van der Waals surface area contributed by atoms with Gasteiger partial charge in [-0.3, -0.25) is 0 Å². The first-order valence-electron chi connectivity index (χ1n) is 4.19. The molecule has 96 valence electrons. The number of benzene rings is 1. The molecular formula is C8H8ClF3N2O2S. The molecule has 9 heteroatoms. The monoisotopic (exact) mass is 288 g/mol. The summed E-state index contributed by atoms with van der Waals surface area (Å²) >= 11 is 5.55. The van der Waals surface area contributed by atoms with Crippen LogP contribution in [0.5, 0.6) is 0 Å². The van der Waals surface area contributed by atoms with Crippen LogP contribution in [0.4, 0.5) is 18.9 Å². The van der Waals surface area contributed by atoms with Crippen LogP contribution in [0.3, 0.4) is 0 Å². The van der Waals surface area contributed by atoms with E-state index in [9.17, 15) is 21.6 Å². The predicted molar refractivity (Wildman–Crippen MR) is 57.1 cm³/mol. The van der Waals surface area contributed by atoms with Gasteiger partial charge in [0.15, 0.2) is 0 Å². The van der Waals surface area contributed by atoms with Crippen LogP contribution in [-0.4, -0.2) is 15.5 Å². The fourth-order valence-electron chi connectivity index (χ4n) is 1.13. The van der Waals surface area contributed by atoms with Crippen LogP contribution < -0.4 is 10.5 Å². The Morgan fingerprint density at radius 1 is 1.35 bits per heavy atom. The molecule has 1 aromatic carbocycles. The number of hydrogen-bond donors (Lipinski definition) is 2. The lowest BCUT2D eigenvalue weighted by atomic mass is 10.2. The van der Waals surface area contributed by atoms with Gasteiger partial charge in [-0.15, -0.1) is 0 Å². The van der Waals surface area contributed by atoms with E-state index in [-0.39, 0.29) is 5.02 Å². The molecule has 0 heterocycles. The fraction of sp³-hybridized carbons (Fsp3) is 0.250. The lowest BCUT2D eigenvalue weighted by Crippen LogP contribution is -2.20. The van der Waals surface area contributed by atoms with E-state index in [1.807, 2.05) is 4.72 Å². The van der Waals surface area contributed by atoms with Crippen molar-refractivity contribution in [3.8, 4) is 0 Å². The van der Waals surface area contributed by atoms with E-state index in [1.54, 1.807) is 0 Å². The number of sulfonamides is 1. The van der Waals surface area contributed by atoms with E-state index in [1.165, 1.54) is 0 Å². The molecule has 0 aliphatic carbocycles. The zero-order valence-corrected chi connectivity index (χ0v) is 10.0. The second-order valence-corrected chi connectivity index (χ2v) is 5.34. The minimum Gasteiger partial charge on any atom is -0.398 e. The van der Waals surface area contributed by atoms with Crippen LogP contribution in [-0.2, 0) is 16.2 Å². The van der Waals surface area contributed by atoms with E-state index >= 15 is 0 Å². The Bertz CT molecular complexity index is 542. The molecule has 4 nitrogen and oxygen atoms in total. The number of anilines is 1. The third-order valence-electron chi connectivity index (χ3n) is 1.97. The molecule has 0 atom stereocenters. The van der Waals surface area contributed by atoms with Crippen LogP contribution >= 0.6 is 11.6 Å². The highest BCUT2D eigenvalue weighted by Gasteiger charge is 2.35. The van der Waals surface area contributed by atoms with Crippen molar-refractivity contribution < 1.29 is 21.6 Å². The number of nitrogens with one attached hydrogen (secondary N) is 1. The highest BCUT2D eigenvalue weighted by atomic mass is 35.5. The molecule has 0 fully saturated rings. The maximum absolute atomic E-state index is 12.5. The average Bonchev–Trinajstić information content (AvgIpc) is 2.15. The van der Waals surface area contributed by atoms with E-state index < -0.39 is 32.3 Å². The summed E-state index contributed by atoms with van der Waals surface area (Å²) < 4.78 is 62.2. The molecule has 3 N–H and O–H groups in total. The molecule has 0 saturated heterocycles. The van der Waals surface area contributed by atoms with Crippen LogP contribution in [0.25, 0.3) is 0 Å². The zero-order valence-electron chi connectivity index (χ0n) is 8.47. The summed E-state index contributed by atoms with van der Waals surface area (Å²) in [6, 6.07) is 1.16.